The van der Waals surface area contributed by atoms with Gasteiger partial charge in [-0.25, -0.2) is 4.89 Å². The van der Waals surface area contributed by atoms with E-state index < -0.39 is 0 Å². The van der Waals surface area contributed by atoms with Crippen molar-refractivity contribution < 1.29 is 9.88 Å². The Hall–Kier alpha value is 0.170. The molecule has 5 heavy (non-hydrogen) atoms. The molecule has 0 saturated carbocycles. The van der Waals surface area contributed by atoms with E-state index in [9.17, 15) is 0 Å². The fourth-order valence-electron chi connectivity index (χ4n) is 0. The smallest absolute Gasteiger partial charge is 0.0732 e. The molecule has 0 aliphatic carbocycles. The third-order valence-electron chi connectivity index (χ3n) is 0.0962. The predicted molar refractivity (Wildman–Crippen MR) is 19.5 cm³/mol. The Balaban J connectivity index is 0. The van der Waals surface area contributed by atoms with Crippen LogP contribution in [0.1, 0.15) is 0 Å². The van der Waals surface area contributed by atoms with E-state index in [1.165, 1.54) is 7.11 Å². The lowest BCUT2D eigenvalue weighted by atomic mass is 11.8. The van der Waals surface area contributed by atoms with Gasteiger partial charge in [0, 0.05) is 0 Å². The molecule has 0 aliphatic rings. The molecule has 0 spiro atoms. The first kappa shape index (κ1) is 8.95. The summed E-state index contributed by atoms with van der Waals surface area (Å²) in [6.07, 6.45) is 0. The van der Waals surface area contributed by atoms with Gasteiger partial charge in [0.05, 0.1) is 7.11 Å². The molecule has 0 fully saturated rings. The zero-order valence-electron chi connectivity index (χ0n) is 2.80. The van der Waals surface area contributed by atoms with E-state index in [2.05, 4.69) is 15.8 Å². The van der Waals surface area contributed by atoms with Crippen LogP contribution in [0.2, 0.25) is 0 Å². The molecule has 0 aliphatic heterocycles. The molecular weight excluding hydrogens is 93.5 g/mol. The van der Waals surface area contributed by atoms with Gasteiger partial charge in [0.15, 0.2) is 0 Å². The van der Waals surface area contributed by atoms with Crippen LogP contribution in [0.3, 0.4) is 0 Å². The molecule has 2 N–H and O–H groups in total. The highest BCUT2D eigenvalue weighted by Gasteiger charge is 1.48. The van der Waals surface area contributed by atoms with E-state index in [4.69, 9.17) is 0 Å². The van der Waals surface area contributed by atoms with E-state index in [0.717, 1.165) is 0 Å². The summed E-state index contributed by atoms with van der Waals surface area (Å²) < 4.78 is 0. The van der Waals surface area contributed by atoms with E-state index in [-0.39, 0.29) is 12.4 Å². The SMILES string of the molecule is COON.Cl. The summed E-state index contributed by atoms with van der Waals surface area (Å²) in [6, 6.07) is 0. The molecule has 0 heterocycles. The summed E-state index contributed by atoms with van der Waals surface area (Å²) in [7, 11) is 1.33. The summed E-state index contributed by atoms with van der Waals surface area (Å²) in [4.78, 5) is 7.36. The minimum atomic E-state index is 0. The molecule has 0 unspecified atom stereocenters. The number of halogens is 1. The molecule has 0 bridgehead atoms. The van der Waals surface area contributed by atoms with Gasteiger partial charge in [0.2, 0.25) is 0 Å². The molecule has 0 aromatic rings. The van der Waals surface area contributed by atoms with Crippen molar-refractivity contribution in [1.82, 2.24) is 0 Å². The Morgan fingerprint density at radius 3 is 1.80 bits per heavy atom. The van der Waals surface area contributed by atoms with Crippen LogP contribution in [0.5, 0.6) is 0 Å². The lowest BCUT2D eigenvalue weighted by Gasteiger charge is -1.77. The molecule has 0 atom stereocenters. The highest BCUT2D eigenvalue weighted by molar-refractivity contribution is 5.85. The van der Waals surface area contributed by atoms with Crippen molar-refractivity contribution in [2.75, 3.05) is 7.11 Å². The average Bonchev–Trinajstić information content (AvgIpc) is 1.37. The van der Waals surface area contributed by atoms with Crippen LogP contribution < -0.4 is 5.90 Å². The number of rotatable bonds is 1. The number of hydrogen-bond donors (Lipinski definition) is 1. The van der Waals surface area contributed by atoms with Crippen molar-refractivity contribution in [3.05, 3.63) is 0 Å². The zero-order valence-corrected chi connectivity index (χ0v) is 3.62. The molecule has 0 saturated heterocycles. The Bertz CT molecular complexity index is 11.6. The fourth-order valence-corrected chi connectivity index (χ4v) is 0. The van der Waals surface area contributed by atoms with Crippen molar-refractivity contribution in [3.8, 4) is 0 Å². The van der Waals surface area contributed by atoms with Crippen molar-refractivity contribution >= 4 is 12.4 Å². The predicted octanol–water partition coefficient (Wildman–Crippen LogP) is -0.140. The van der Waals surface area contributed by atoms with Crippen molar-refractivity contribution in [1.29, 1.82) is 0 Å². The summed E-state index contributed by atoms with van der Waals surface area (Å²) in [5.41, 5.74) is 0. The van der Waals surface area contributed by atoms with E-state index in [1.54, 1.807) is 0 Å². The molecule has 0 amide bonds. The van der Waals surface area contributed by atoms with Gasteiger partial charge >= 0.3 is 0 Å². The van der Waals surface area contributed by atoms with Crippen LogP contribution in [0.25, 0.3) is 0 Å². The molecule has 0 radical (unpaired) electrons. The topological polar surface area (TPSA) is 44.5 Å². The maximum atomic E-state index is 4.31. The van der Waals surface area contributed by atoms with Crippen LogP contribution in [-0.2, 0) is 9.88 Å². The van der Waals surface area contributed by atoms with Crippen LogP contribution >= 0.6 is 12.4 Å². The molecular formula is CH6ClNO2. The van der Waals surface area contributed by atoms with Crippen LogP contribution in [0, 0.1) is 0 Å². The summed E-state index contributed by atoms with van der Waals surface area (Å²) in [5.74, 6) is 4.31. The fraction of sp³-hybridized carbons (Fsp3) is 1.00. The van der Waals surface area contributed by atoms with Gasteiger partial charge in [0.25, 0.3) is 0 Å². The molecule has 3 nitrogen and oxygen atoms in total. The third kappa shape index (κ3) is 14.3. The summed E-state index contributed by atoms with van der Waals surface area (Å²) in [5, 5.41) is 0. The summed E-state index contributed by atoms with van der Waals surface area (Å²) >= 11 is 0. The highest BCUT2D eigenvalue weighted by atomic mass is 35.5. The van der Waals surface area contributed by atoms with Gasteiger partial charge in [-0.1, -0.05) is 0 Å². The Kier molecular flexibility index (Phi) is 15.9. The van der Waals surface area contributed by atoms with E-state index in [0.29, 0.717) is 0 Å². The average molecular weight is 99.5 g/mol. The Morgan fingerprint density at radius 2 is 1.80 bits per heavy atom. The first-order valence-corrected chi connectivity index (χ1v) is 0.811. The van der Waals surface area contributed by atoms with Gasteiger partial charge in [-0.15, -0.1) is 17.4 Å². The van der Waals surface area contributed by atoms with Gasteiger partial charge in [0.1, 0.15) is 0 Å². The normalized spacial score (nSPS) is 6.00. The van der Waals surface area contributed by atoms with Gasteiger partial charge in [-0.3, -0.25) is 0 Å². The second kappa shape index (κ2) is 8.90. The van der Waals surface area contributed by atoms with Gasteiger partial charge in [-0.2, -0.15) is 5.90 Å². The Labute approximate surface area is 36.3 Å². The monoisotopic (exact) mass is 99.0 g/mol. The van der Waals surface area contributed by atoms with Gasteiger partial charge in [-0.05, 0) is 0 Å². The molecule has 34 valence electrons. The summed E-state index contributed by atoms with van der Waals surface area (Å²) in [6.45, 7) is 0. The van der Waals surface area contributed by atoms with Crippen LogP contribution in [0.15, 0.2) is 0 Å². The number of hydrogen-bond acceptors (Lipinski definition) is 3. The van der Waals surface area contributed by atoms with Crippen molar-refractivity contribution in [2.24, 2.45) is 5.90 Å². The minimum absolute atomic E-state index is 0. The first-order valence-electron chi connectivity index (χ1n) is 0.811. The second-order valence-corrected chi connectivity index (χ2v) is 0.263. The minimum Gasteiger partial charge on any atom is -0.222 e. The quantitative estimate of drug-likeness (QED) is 0.368. The highest BCUT2D eigenvalue weighted by Crippen LogP contribution is 1.44. The lowest BCUT2D eigenvalue weighted by molar-refractivity contribution is -0.277. The molecule has 0 rings (SSSR count). The van der Waals surface area contributed by atoms with Crippen molar-refractivity contribution in [3.63, 3.8) is 0 Å². The van der Waals surface area contributed by atoms with E-state index >= 15 is 0 Å². The van der Waals surface area contributed by atoms with Crippen molar-refractivity contribution in [2.45, 2.75) is 0 Å². The lowest BCUT2D eigenvalue weighted by Crippen LogP contribution is -1.93. The second-order valence-electron chi connectivity index (χ2n) is 0.263. The van der Waals surface area contributed by atoms with Crippen LogP contribution in [0.4, 0.5) is 0 Å². The first-order chi connectivity index (χ1) is 1.91. The van der Waals surface area contributed by atoms with Crippen LogP contribution in [-0.4, -0.2) is 7.11 Å². The molecule has 4 heteroatoms. The maximum absolute atomic E-state index is 4.31. The third-order valence-corrected chi connectivity index (χ3v) is 0.0962. The zero-order chi connectivity index (χ0) is 3.41. The molecule has 0 aromatic carbocycles. The maximum Gasteiger partial charge on any atom is 0.0732 e. The largest absolute Gasteiger partial charge is 0.222 e. The standard InChI is InChI=1S/CH5NO2.ClH/c1-3-4-2;/h2H2,1H3;1H. The number of nitrogens with two attached hydrogens (primary N) is 1. The van der Waals surface area contributed by atoms with E-state index in [1.807, 2.05) is 0 Å². The van der Waals surface area contributed by atoms with Gasteiger partial charge < -0.3 is 0 Å². The molecule has 0 aromatic heterocycles. The Morgan fingerprint density at radius 1 is 1.60 bits per heavy atom.